The molecule has 0 aromatic carbocycles. The Balaban J connectivity index is 2.38. The minimum atomic E-state index is 0.360. The predicted octanol–water partition coefficient (Wildman–Crippen LogP) is 0.738. The van der Waals surface area contributed by atoms with Crippen molar-refractivity contribution in [2.45, 2.75) is 19.5 Å². The maximum Gasteiger partial charge on any atom is 0.0615 e. The molecule has 1 aliphatic heterocycles. The number of rotatable bonds is 0. The summed E-state index contributed by atoms with van der Waals surface area (Å²) in [6, 6.07) is 4.56. The molecule has 0 saturated carbocycles. The second-order valence-corrected chi connectivity index (χ2v) is 3.04. The van der Waals surface area contributed by atoms with E-state index in [9.17, 15) is 0 Å². The molecule has 3 nitrogen and oxygen atoms in total. The molecule has 0 saturated heterocycles. The van der Waals surface area contributed by atoms with Gasteiger partial charge in [-0.25, -0.2) is 5.01 Å². The van der Waals surface area contributed by atoms with E-state index in [1.807, 2.05) is 5.01 Å². The van der Waals surface area contributed by atoms with E-state index < -0.39 is 0 Å². The fraction of sp³-hybridized carbons (Fsp3) is 0.500. The molecule has 0 amide bonds. The van der Waals surface area contributed by atoms with E-state index in [1.54, 1.807) is 0 Å². The molecule has 0 fully saturated rings. The second-order valence-electron chi connectivity index (χ2n) is 3.04. The van der Waals surface area contributed by atoms with E-state index in [1.165, 1.54) is 5.69 Å². The summed E-state index contributed by atoms with van der Waals surface area (Å²) < 4.78 is 2.26. The Morgan fingerprint density at radius 3 is 3.18 bits per heavy atom. The molecular weight excluding hydrogens is 138 g/mol. The van der Waals surface area contributed by atoms with Gasteiger partial charge in [0.05, 0.1) is 6.04 Å². The molecule has 0 bridgehead atoms. The molecule has 1 aromatic rings. The lowest BCUT2D eigenvalue weighted by atomic mass is 10.2. The average Bonchev–Trinajstić information content (AvgIpc) is 2.45. The Labute approximate surface area is 66.4 Å². The molecule has 0 aliphatic carbocycles. The number of nitrogens with zero attached hydrogens (tertiary/aromatic N) is 2. The van der Waals surface area contributed by atoms with Crippen LogP contribution >= 0.6 is 0 Å². The molecule has 1 atom stereocenters. The highest BCUT2D eigenvalue weighted by Gasteiger charge is 2.19. The van der Waals surface area contributed by atoms with Crippen molar-refractivity contribution < 1.29 is 0 Å². The quantitative estimate of drug-likeness (QED) is 0.555. The largest absolute Gasteiger partial charge is 0.349 e. The highest BCUT2D eigenvalue weighted by Crippen LogP contribution is 2.21. The van der Waals surface area contributed by atoms with Crippen molar-refractivity contribution in [2.75, 3.05) is 6.54 Å². The Kier molecular flexibility index (Phi) is 1.47. The van der Waals surface area contributed by atoms with Crippen LogP contribution in [0.1, 0.15) is 18.7 Å². The van der Waals surface area contributed by atoms with Gasteiger partial charge in [0, 0.05) is 25.0 Å². The van der Waals surface area contributed by atoms with Crippen LogP contribution in [0.5, 0.6) is 0 Å². The zero-order valence-corrected chi connectivity index (χ0v) is 6.70. The second kappa shape index (κ2) is 2.36. The molecular formula is C8H13N3. The third-order valence-corrected chi connectivity index (χ3v) is 2.39. The fourth-order valence-corrected chi connectivity index (χ4v) is 1.60. The lowest BCUT2D eigenvalue weighted by molar-refractivity contribution is 0.173. The predicted molar refractivity (Wildman–Crippen MR) is 43.7 cm³/mol. The molecule has 3 heteroatoms. The standard InChI is InChI=1S/C8H13N3/c1-7-8-3-2-4-10(8)5-6-11(7)9/h2-4,7H,5-6,9H2,1H3. The van der Waals surface area contributed by atoms with Crippen LogP contribution in [-0.4, -0.2) is 16.1 Å². The Hall–Kier alpha value is -0.800. The zero-order chi connectivity index (χ0) is 7.84. The summed E-state index contributed by atoms with van der Waals surface area (Å²) in [5, 5.41) is 1.88. The summed E-state index contributed by atoms with van der Waals surface area (Å²) >= 11 is 0. The molecule has 60 valence electrons. The van der Waals surface area contributed by atoms with Gasteiger partial charge in [0.2, 0.25) is 0 Å². The third-order valence-electron chi connectivity index (χ3n) is 2.39. The van der Waals surface area contributed by atoms with Crippen molar-refractivity contribution in [3.63, 3.8) is 0 Å². The summed E-state index contributed by atoms with van der Waals surface area (Å²) in [6.07, 6.45) is 2.11. The van der Waals surface area contributed by atoms with Crippen LogP contribution in [-0.2, 0) is 6.54 Å². The van der Waals surface area contributed by atoms with Crippen molar-refractivity contribution in [3.8, 4) is 0 Å². The van der Waals surface area contributed by atoms with Crippen LogP contribution < -0.4 is 5.84 Å². The average molecular weight is 151 g/mol. The first-order valence-electron chi connectivity index (χ1n) is 3.95. The van der Waals surface area contributed by atoms with E-state index in [4.69, 9.17) is 5.84 Å². The monoisotopic (exact) mass is 151 g/mol. The van der Waals surface area contributed by atoms with Gasteiger partial charge in [-0.3, -0.25) is 5.84 Å². The Morgan fingerprint density at radius 1 is 1.55 bits per heavy atom. The molecule has 0 radical (unpaired) electrons. The highest BCUT2D eigenvalue weighted by molar-refractivity contribution is 5.12. The molecule has 2 rings (SSSR count). The van der Waals surface area contributed by atoms with Crippen LogP contribution in [0.15, 0.2) is 18.3 Å². The normalized spacial score (nSPS) is 25.1. The number of hydrogen-bond donors (Lipinski definition) is 1. The van der Waals surface area contributed by atoms with Crippen molar-refractivity contribution in [1.82, 2.24) is 9.58 Å². The molecule has 0 spiro atoms. The highest BCUT2D eigenvalue weighted by atomic mass is 15.4. The smallest absolute Gasteiger partial charge is 0.0615 e. The molecule has 1 aromatic heterocycles. The van der Waals surface area contributed by atoms with Gasteiger partial charge in [0.1, 0.15) is 0 Å². The Bertz CT molecular complexity index is 254. The van der Waals surface area contributed by atoms with Gasteiger partial charge in [-0.05, 0) is 19.1 Å². The van der Waals surface area contributed by atoms with Gasteiger partial charge < -0.3 is 4.57 Å². The van der Waals surface area contributed by atoms with Crippen molar-refractivity contribution in [3.05, 3.63) is 24.0 Å². The number of hydrogen-bond acceptors (Lipinski definition) is 2. The Morgan fingerprint density at radius 2 is 2.36 bits per heavy atom. The van der Waals surface area contributed by atoms with Gasteiger partial charge in [-0.2, -0.15) is 0 Å². The van der Waals surface area contributed by atoms with Crippen LogP contribution in [0.25, 0.3) is 0 Å². The van der Waals surface area contributed by atoms with E-state index in [2.05, 4.69) is 29.8 Å². The maximum absolute atomic E-state index is 5.77. The first-order chi connectivity index (χ1) is 5.29. The molecule has 2 heterocycles. The lowest BCUT2D eigenvalue weighted by Crippen LogP contribution is -2.41. The summed E-state index contributed by atoms with van der Waals surface area (Å²) in [5.41, 5.74) is 1.32. The van der Waals surface area contributed by atoms with E-state index in [0.29, 0.717) is 6.04 Å². The molecule has 2 N–H and O–H groups in total. The fourth-order valence-electron chi connectivity index (χ4n) is 1.60. The van der Waals surface area contributed by atoms with E-state index in [-0.39, 0.29) is 0 Å². The summed E-state index contributed by atoms with van der Waals surface area (Å²) in [4.78, 5) is 0. The van der Waals surface area contributed by atoms with Gasteiger partial charge in [0.25, 0.3) is 0 Å². The van der Waals surface area contributed by atoms with Crippen molar-refractivity contribution in [2.24, 2.45) is 5.84 Å². The summed E-state index contributed by atoms with van der Waals surface area (Å²) in [5.74, 6) is 5.77. The van der Waals surface area contributed by atoms with Gasteiger partial charge in [0.15, 0.2) is 0 Å². The van der Waals surface area contributed by atoms with Crippen molar-refractivity contribution >= 4 is 0 Å². The van der Waals surface area contributed by atoms with Crippen LogP contribution in [0, 0.1) is 0 Å². The number of aromatic nitrogens is 1. The minimum absolute atomic E-state index is 0.360. The van der Waals surface area contributed by atoms with Crippen LogP contribution in [0.3, 0.4) is 0 Å². The van der Waals surface area contributed by atoms with Gasteiger partial charge >= 0.3 is 0 Å². The number of nitrogens with two attached hydrogens (primary N) is 1. The topological polar surface area (TPSA) is 34.2 Å². The number of hydrazine groups is 1. The molecule has 1 aliphatic rings. The van der Waals surface area contributed by atoms with E-state index in [0.717, 1.165) is 13.1 Å². The van der Waals surface area contributed by atoms with Gasteiger partial charge in [-0.15, -0.1) is 0 Å². The molecule has 1 unspecified atom stereocenters. The number of fused-ring (bicyclic) bond motifs is 1. The third kappa shape index (κ3) is 0.968. The van der Waals surface area contributed by atoms with Crippen LogP contribution in [0.2, 0.25) is 0 Å². The van der Waals surface area contributed by atoms with Crippen molar-refractivity contribution in [1.29, 1.82) is 0 Å². The van der Waals surface area contributed by atoms with Gasteiger partial charge in [-0.1, -0.05) is 0 Å². The van der Waals surface area contributed by atoms with E-state index >= 15 is 0 Å². The lowest BCUT2D eigenvalue weighted by Gasteiger charge is -2.30. The minimum Gasteiger partial charge on any atom is -0.349 e. The maximum atomic E-state index is 5.77. The first kappa shape index (κ1) is 6.88. The summed E-state index contributed by atoms with van der Waals surface area (Å²) in [6.45, 7) is 4.09. The molecule has 11 heavy (non-hydrogen) atoms. The van der Waals surface area contributed by atoms with Crippen LogP contribution in [0.4, 0.5) is 0 Å². The summed E-state index contributed by atoms with van der Waals surface area (Å²) in [7, 11) is 0. The zero-order valence-electron chi connectivity index (χ0n) is 6.70. The first-order valence-corrected chi connectivity index (χ1v) is 3.95. The SMILES string of the molecule is CC1c2cccn2CCN1N.